The van der Waals surface area contributed by atoms with Crippen LogP contribution in [-0.4, -0.2) is 25.9 Å². The number of hydrogen-bond acceptors (Lipinski definition) is 3. The highest BCUT2D eigenvalue weighted by Crippen LogP contribution is 2.39. The maximum atomic E-state index is 12.2. The van der Waals surface area contributed by atoms with Crippen molar-refractivity contribution in [2.75, 3.05) is 6.26 Å². The number of nitrogens with one attached hydrogen (secondary N) is 1. The summed E-state index contributed by atoms with van der Waals surface area (Å²) in [5.41, 5.74) is 4.04. The predicted molar refractivity (Wildman–Crippen MR) is 94.9 cm³/mol. The van der Waals surface area contributed by atoms with Crippen molar-refractivity contribution in [2.24, 2.45) is 0 Å². The molecule has 0 radical (unpaired) electrons. The monoisotopic (exact) mass is 339 g/mol. The van der Waals surface area contributed by atoms with Crippen molar-refractivity contribution in [2.45, 2.75) is 11.9 Å². The Morgan fingerprint density at radius 1 is 0.875 bits per heavy atom. The third-order valence-electron chi connectivity index (χ3n) is 3.89. The minimum atomic E-state index is -3.52. The number of aryl methyl sites for hydroxylation is 1. The van der Waals surface area contributed by atoms with Gasteiger partial charge in [-0.05, 0) is 18.1 Å². The first-order chi connectivity index (χ1) is 11.4. The zero-order chi connectivity index (χ0) is 17.3. The van der Waals surface area contributed by atoms with E-state index in [4.69, 9.17) is 0 Å². The Labute approximate surface area is 141 Å². The van der Waals surface area contributed by atoms with Gasteiger partial charge < -0.3 is 4.98 Å². The maximum absolute atomic E-state index is 12.2. The van der Waals surface area contributed by atoms with E-state index in [1.165, 1.54) is 0 Å². The van der Waals surface area contributed by atoms with E-state index >= 15 is 0 Å². The number of sulfone groups is 1. The molecule has 0 saturated carbocycles. The van der Waals surface area contributed by atoms with Crippen LogP contribution in [0.2, 0.25) is 0 Å². The second-order valence-electron chi connectivity index (χ2n) is 5.74. The SMILES string of the molecule is Cc1ccc(-c2c(C=O)[nH]c(S(C)(=O)=O)c2-c2ccccc2)cc1. The molecule has 0 spiro atoms. The Bertz CT molecular complexity index is 985. The summed E-state index contributed by atoms with van der Waals surface area (Å²) in [4.78, 5) is 14.4. The Balaban J connectivity index is 2.41. The van der Waals surface area contributed by atoms with E-state index in [9.17, 15) is 13.2 Å². The molecule has 0 unspecified atom stereocenters. The van der Waals surface area contributed by atoms with Crippen molar-refractivity contribution in [3.8, 4) is 22.3 Å². The minimum absolute atomic E-state index is 0.0615. The minimum Gasteiger partial charge on any atom is -0.342 e. The summed E-state index contributed by atoms with van der Waals surface area (Å²) in [7, 11) is -3.52. The van der Waals surface area contributed by atoms with Gasteiger partial charge in [0.1, 0.15) is 5.03 Å². The molecule has 0 amide bonds. The van der Waals surface area contributed by atoms with E-state index in [-0.39, 0.29) is 10.7 Å². The number of aromatic nitrogens is 1. The molecule has 0 aliphatic carbocycles. The number of carbonyl (C=O) groups is 1. The van der Waals surface area contributed by atoms with E-state index in [1.54, 1.807) is 0 Å². The van der Waals surface area contributed by atoms with Gasteiger partial charge in [-0.2, -0.15) is 0 Å². The van der Waals surface area contributed by atoms with Crippen LogP contribution in [0.3, 0.4) is 0 Å². The molecule has 0 saturated heterocycles. The van der Waals surface area contributed by atoms with Crippen molar-refractivity contribution >= 4 is 16.1 Å². The number of benzene rings is 2. The van der Waals surface area contributed by atoms with Crippen molar-refractivity contribution in [3.63, 3.8) is 0 Å². The van der Waals surface area contributed by atoms with E-state index in [2.05, 4.69) is 4.98 Å². The van der Waals surface area contributed by atoms with Gasteiger partial charge in [0.2, 0.25) is 0 Å². The summed E-state index contributed by atoms with van der Waals surface area (Å²) >= 11 is 0. The topological polar surface area (TPSA) is 67.0 Å². The quantitative estimate of drug-likeness (QED) is 0.734. The lowest BCUT2D eigenvalue weighted by Crippen LogP contribution is -2.00. The normalized spacial score (nSPS) is 11.4. The molecule has 1 aromatic heterocycles. The second-order valence-corrected chi connectivity index (χ2v) is 7.69. The molecule has 1 N–H and O–H groups in total. The van der Waals surface area contributed by atoms with Gasteiger partial charge >= 0.3 is 0 Å². The van der Waals surface area contributed by atoms with Gasteiger partial charge in [-0.25, -0.2) is 8.42 Å². The van der Waals surface area contributed by atoms with E-state index in [0.717, 1.165) is 22.9 Å². The molecule has 1 heterocycles. The van der Waals surface area contributed by atoms with Crippen LogP contribution in [0.25, 0.3) is 22.3 Å². The number of aldehydes is 1. The number of aromatic amines is 1. The first-order valence-electron chi connectivity index (χ1n) is 7.45. The molecular weight excluding hydrogens is 322 g/mol. The molecule has 5 heteroatoms. The maximum Gasteiger partial charge on any atom is 0.191 e. The zero-order valence-corrected chi connectivity index (χ0v) is 14.2. The Morgan fingerprint density at radius 3 is 2.00 bits per heavy atom. The summed E-state index contributed by atoms with van der Waals surface area (Å²) < 4.78 is 24.5. The van der Waals surface area contributed by atoms with Gasteiger partial charge in [0.15, 0.2) is 16.1 Å². The fourth-order valence-electron chi connectivity index (χ4n) is 2.76. The van der Waals surface area contributed by atoms with Crippen LogP contribution in [0.15, 0.2) is 59.6 Å². The van der Waals surface area contributed by atoms with Gasteiger partial charge in [-0.3, -0.25) is 4.79 Å². The van der Waals surface area contributed by atoms with Crippen LogP contribution in [-0.2, 0) is 9.84 Å². The Morgan fingerprint density at radius 2 is 1.46 bits per heavy atom. The van der Waals surface area contributed by atoms with Crippen molar-refractivity contribution in [3.05, 3.63) is 65.9 Å². The lowest BCUT2D eigenvalue weighted by molar-refractivity contribution is 0.112. The molecule has 4 nitrogen and oxygen atoms in total. The van der Waals surface area contributed by atoms with Crippen LogP contribution in [0.4, 0.5) is 0 Å². The molecule has 2 aromatic carbocycles. The molecule has 0 bridgehead atoms. The molecular formula is C19H17NO3S. The fraction of sp³-hybridized carbons (Fsp3) is 0.105. The average molecular weight is 339 g/mol. The third-order valence-corrected chi connectivity index (χ3v) is 4.93. The highest BCUT2D eigenvalue weighted by Gasteiger charge is 2.25. The molecule has 24 heavy (non-hydrogen) atoms. The van der Waals surface area contributed by atoms with E-state index in [1.807, 2.05) is 61.5 Å². The first-order valence-corrected chi connectivity index (χ1v) is 9.34. The second kappa shape index (κ2) is 6.09. The Hall–Kier alpha value is -2.66. The summed E-state index contributed by atoms with van der Waals surface area (Å²) in [5, 5.41) is 0.0615. The predicted octanol–water partition coefficient (Wildman–Crippen LogP) is 3.87. The van der Waals surface area contributed by atoms with E-state index < -0.39 is 9.84 Å². The molecule has 0 atom stereocenters. The largest absolute Gasteiger partial charge is 0.342 e. The summed E-state index contributed by atoms with van der Waals surface area (Å²) in [6, 6.07) is 16.9. The van der Waals surface area contributed by atoms with Crippen molar-refractivity contribution < 1.29 is 13.2 Å². The van der Waals surface area contributed by atoms with Crippen LogP contribution >= 0.6 is 0 Å². The number of rotatable bonds is 4. The third kappa shape index (κ3) is 2.90. The average Bonchev–Trinajstić information content (AvgIpc) is 2.96. The lowest BCUT2D eigenvalue weighted by atomic mass is 9.96. The zero-order valence-electron chi connectivity index (χ0n) is 13.4. The van der Waals surface area contributed by atoms with Crippen LogP contribution in [0.1, 0.15) is 16.1 Å². The highest BCUT2D eigenvalue weighted by molar-refractivity contribution is 7.90. The summed E-state index contributed by atoms with van der Waals surface area (Å²) in [6.45, 7) is 1.97. The van der Waals surface area contributed by atoms with Gasteiger partial charge in [-0.15, -0.1) is 0 Å². The van der Waals surface area contributed by atoms with Gasteiger partial charge in [0.25, 0.3) is 0 Å². The standard InChI is InChI=1S/C19H17NO3S/c1-13-8-10-15(11-9-13)17-16(12-21)20-19(24(2,22)23)18(17)14-6-4-3-5-7-14/h3-12,20H,1-2H3. The first kappa shape index (κ1) is 16.2. The van der Waals surface area contributed by atoms with E-state index in [0.29, 0.717) is 17.4 Å². The van der Waals surface area contributed by atoms with Gasteiger partial charge in [-0.1, -0.05) is 60.2 Å². The van der Waals surface area contributed by atoms with Crippen molar-refractivity contribution in [1.29, 1.82) is 0 Å². The molecule has 0 aliphatic heterocycles. The highest BCUT2D eigenvalue weighted by atomic mass is 32.2. The molecule has 3 rings (SSSR count). The van der Waals surface area contributed by atoms with Crippen LogP contribution in [0, 0.1) is 6.92 Å². The van der Waals surface area contributed by atoms with Crippen molar-refractivity contribution in [1.82, 2.24) is 4.98 Å². The summed E-state index contributed by atoms with van der Waals surface area (Å²) in [6.07, 6.45) is 1.80. The molecule has 3 aromatic rings. The molecule has 0 aliphatic rings. The number of H-pyrrole nitrogens is 1. The smallest absolute Gasteiger partial charge is 0.191 e. The van der Waals surface area contributed by atoms with Crippen LogP contribution < -0.4 is 0 Å². The lowest BCUT2D eigenvalue weighted by Gasteiger charge is -2.08. The summed E-state index contributed by atoms with van der Waals surface area (Å²) in [5.74, 6) is 0. The number of carbonyl (C=O) groups excluding carboxylic acids is 1. The van der Waals surface area contributed by atoms with Gasteiger partial charge in [0.05, 0.1) is 5.69 Å². The van der Waals surface area contributed by atoms with Gasteiger partial charge in [0, 0.05) is 17.4 Å². The molecule has 122 valence electrons. The van der Waals surface area contributed by atoms with Crippen LogP contribution in [0.5, 0.6) is 0 Å². The number of hydrogen-bond donors (Lipinski definition) is 1. The molecule has 0 fully saturated rings. The Kier molecular flexibility index (Phi) is 4.11. The fourth-order valence-corrected chi connectivity index (χ4v) is 3.65.